The predicted octanol–water partition coefficient (Wildman–Crippen LogP) is 5.55. The maximum absolute atomic E-state index is 5.86. The van der Waals surface area contributed by atoms with Crippen LogP contribution in [0.25, 0.3) is 32.4 Å². The number of hydrogen-bond acceptors (Lipinski definition) is 4. The van der Waals surface area contributed by atoms with Crippen LogP contribution in [0.4, 0.5) is 0 Å². The molecule has 0 radical (unpaired) electrons. The lowest BCUT2D eigenvalue weighted by atomic mass is 9.88. The van der Waals surface area contributed by atoms with E-state index in [2.05, 4.69) is 58.5 Å². The van der Waals surface area contributed by atoms with E-state index in [1.54, 1.807) is 28.4 Å². The van der Waals surface area contributed by atoms with E-state index in [-0.39, 0.29) is 0 Å². The number of hydrogen-bond donors (Lipinski definition) is 0. The first-order valence-corrected chi connectivity index (χ1v) is 10.7. The minimum absolute atomic E-state index is 0.738. The molecule has 0 aliphatic rings. The fourth-order valence-electron chi connectivity index (χ4n) is 5.32. The zero-order chi connectivity index (χ0) is 23.5. The number of aryl methyl sites for hydroxylation is 5. The van der Waals surface area contributed by atoms with Crippen LogP contribution >= 0.6 is 0 Å². The highest BCUT2D eigenvalue weighted by molar-refractivity contribution is 6.19. The number of fused-ring (bicyclic) bond motifs is 5. The van der Waals surface area contributed by atoms with Crippen LogP contribution in [0.2, 0.25) is 0 Å². The van der Waals surface area contributed by atoms with Gasteiger partial charge in [-0.3, -0.25) is 0 Å². The topological polar surface area (TPSA) is 40.8 Å². The lowest BCUT2D eigenvalue weighted by Crippen LogP contribution is -2.29. The minimum atomic E-state index is 0.738. The molecule has 0 bridgehead atoms. The van der Waals surface area contributed by atoms with Gasteiger partial charge in [0.05, 0.1) is 44.6 Å². The van der Waals surface area contributed by atoms with E-state index >= 15 is 0 Å². The molecule has 168 valence electrons. The average Bonchev–Trinajstić information content (AvgIpc) is 2.78. The van der Waals surface area contributed by atoms with Crippen molar-refractivity contribution in [2.24, 2.45) is 7.05 Å². The lowest BCUT2D eigenvalue weighted by Gasteiger charge is -2.21. The molecule has 0 unspecified atom stereocenters. The Morgan fingerprint density at radius 2 is 1.12 bits per heavy atom. The molecular formula is C27H32NO4+. The number of aromatic nitrogens is 1. The molecule has 0 N–H and O–H groups in total. The molecule has 4 rings (SSSR count). The fourth-order valence-corrected chi connectivity index (χ4v) is 5.32. The molecule has 1 heterocycles. The maximum atomic E-state index is 5.86. The smallest absolute Gasteiger partial charge is 0.221 e. The molecule has 0 spiro atoms. The minimum Gasteiger partial charge on any atom is -0.493 e. The van der Waals surface area contributed by atoms with Crippen LogP contribution in [-0.4, -0.2) is 28.4 Å². The van der Waals surface area contributed by atoms with Crippen LogP contribution in [0, 0.1) is 34.6 Å². The Kier molecular flexibility index (Phi) is 5.32. The molecule has 4 aromatic rings. The van der Waals surface area contributed by atoms with Gasteiger partial charge >= 0.3 is 0 Å². The summed E-state index contributed by atoms with van der Waals surface area (Å²) in [6.07, 6.45) is 2.14. The van der Waals surface area contributed by atoms with Crippen molar-refractivity contribution >= 4 is 32.4 Å². The largest absolute Gasteiger partial charge is 0.493 e. The van der Waals surface area contributed by atoms with E-state index in [1.807, 2.05) is 0 Å². The van der Waals surface area contributed by atoms with Gasteiger partial charge in [-0.05, 0) is 68.3 Å². The Labute approximate surface area is 189 Å². The van der Waals surface area contributed by atoms with Crippen molar-refractivity contribution < 1.29 is 23.5 Å². The number of benzene rings is 3. The van der Waals surface area contributed by atoms with Crippen LogP contribution < -0.4 is 23.5 Å². The van der Waals surface area contributed by atoms with Crippen LogP contribution in [0.5, 0.6) is 23.0 Å². The molecule has 0 saturated heterocycles. The van der Waals surface area contributed by atoms with Gasteiger partial charge in [0.25, 0.3) is 0 Å². The molecular weight excluding hydrogens is 402 g/mol. The number of methoxy groups -OCH3 is 4. The van der Waals surface area contributed by atoms with Gasteiger partial charge < -0.3 is 18.9 Å². The van der Waals surface area contributed by atoms with Crippen molar-refractivity contribution in [1.29, 1.82) is 0 Å². The third-order valence-corrected chi connectivity index (χ3v) is 7.04. The van der Waals surface area contributed by atoms with Crippen molar-refractivity contribution in [2.75, 3.05) is 28.4 Å². The van der Waals surface area contributed by atoms with Gasteiger partial charge in [-0.15, -0.1) is 0 Å². The molecule has 0 amide bonds. The number of ether oxygens (including phenoxy) is 4. The third-order valence-electron chi connectivity index (χ3n) is 7.04. The summed E-state index contributed by atoms with van der Waals surface area (Å²) in [6.45, 7) is 10.8. The van der Waals surface area contributed by atoms with E-state index in [4.69, 9.17) is 18.9 Å². The second kappa shape index (κ2) is 7.73. The standard InChI is InChI=1S/C27H32NO4/c1-13-14(2)23-22-15(3)16(4)26(31-9)27(32-10)19(22)12-28(6)24(23)18-11-20(29-7)25(30-8)17(5)21(13)18/h11-12H,1-10H3/q+1. The quantitative estimate of drug-likeness (QED) is 0.312. The summed E-state index contributed by atoms with van der Waals surface area (Å²) in [6, 6.07) is 2.10. The Morgan fingerprint density at radius 3 is 1.69 bits per heavy atom. The van der Waals surface area contributed by atoms with Crippen LogP contribution in [0.3, 0.4) is 0 Å². The summed E-state index contributed by atoms with van der Waals surface area (Å²) >= 11 is 0. The van der Waals surface area contributed by atoms with Gasteiger partial charge in [0, 0.05) is 10.9 Å². The van der Waals surface area contributed by atoms with E-state index in [9.17, 15) is 0 Å². The summed E-state index contributed by atoms with van der Waals surface area (Å²) in [4.78, 5) is 0. The lowest BCUT2D eigenvalue weighted by molar-refractivity contribution is -0.642. The van der Waals surface area contributed by atoms with Crippen LogP contribution in [-0.2, 0) is 7.05 Å². The summed E-state index contributed by atoms with van der Waals surface area (Å²) in [5.74, 6) is 3.07. The summed E-state index contributed by atoms with van der Waals surface area (Å²) in [7, 11) is 8.87. The molecule has 32 heavy (non-hydrogen) atoms. The predicted molar refractivity (Wildman–Crippen MR) is 130 cm³/mol. The molecule has 0 saturated carbocycles. The normalized spacial score (nSPS) is 11.4. The van der Waals surface area contributed by atoms with Gasteiger partial charge in [-0.2, -0.15) is 4.57 Å². The van der Waals surface area contributed by atoms with E-state index < -0.39 is 0 Å². The first-order valence-electron chi connectivity index (χ1n) is 10.7. The molecule has 0 atom stereocenters. The molecule has 1 aromatic heterocycles. The highest BCUT2D eigenvalue weighted by atomic mass is 16.5. The van der Waals surface area contributed by atoms with Gasteiger partial charge in [0.15, 0.2) is 29.2 Å². The van der Waals surface area contributed by atoms with E-state index in [0.717, 1.165) is 50.4 Å². The highest BCUT2D eigenvalue weighted by Gasteiger charge is 2.27. The second-order valence-electron chi connectivity index (χ2n) is 8.48. The third kappa shape index (κ3) is 2.73. The molecule has 3 aromatic carbocycles. The molecule has 0 fully saturated rings. The first kappa shape index (κ1) is 22.0. The summed E-state index contributed by atoms with van der Waals surface area (Å²) < 4.78 is 25.2. The Morgan fingerprint density at radius 1 is 0.562 bits per heavy atom. The van der Waals surface area contributed by atoms with Crippen LogP contribution in [0.1, 0.15) is 27.8 Å². The Balaban J connectivity index is 2.40. The van der Waals surface area contributed by atoms with Crippen molar-refractivity contribution in [3.05, 3.63) is 40.1 Å². The average molecular weight is 435 g/mol. The molecule has 0 aliphatic heterocycles. The Bertz CT molecular complexity index is 1420. The monoisotopic (exact) mass is 434 g/mol. The zero-order valence-electron chi connectivity index (χ0n) is 20.7. The summed E-state index contributed by atoms with van der Waals surface area (Å²) in [5.41, 5.74) is 7.03. The van der Waals surface area contributed by atoms with Crippen molar-refractivity contribution in [3.8, 4) is 23.0 Å². The first-order chi connectivity index (χ1) is 15.2. The number of pyridine rings is 1. The highest BCUT2D eigenvalue weighted by Crippen LogP contribution is 2.47. The van der Waals surface area contributed by atoms with Crippen LogP contribution in [0.15, 0.2) is 12.3 Å². The number of rotatable bonds is 4. The summed E-state index contributed by atoms with van der Waals surface area (Å²) in [5, 5.41) is 5.82. The van der Waals surface area contributed by atoms with Gasteiger partial charge in [0.1, 0.15) is 7.05 Å². The molecule has 5 heteroatoms. The van der Waals surface area contributed by atoms with Crippen molar-refractivity contribution in [2.45, 2.75) is 34.6 Å². The molecule has 0 aliphatic carbocycles. The van der Waals surface area contributed by atoms with Crippen molar-refractivity contribution in [1.82, 2.24) is 0 Å². The van der Waals surface area contributed by atoms with E-state index in [0.29, 0.717) is 0 Å². The maximum Gasteiger partial charge on any atom is 0.221 e. The van der Waals surface area contributed by atoms with E-state index in [1.165, 1.54) is 32.8 Å². The van der Waals surface area contributed by atoms with Gasteiger partial charge in [-0.25, -0.2) is 0 Å². The SMILES string of the molecule is COc1cc2c(c(C)c1OC)c(C)c(C)c1c3c(C)c(C)c(OC)c(OC)c3c[n+](C)c21. The van der Waals surface area contributed by atoms with Gasteiger partial charge in [0.2, 0.25) is 5.52 Å². The second-order valence-corrected chi connectivity index (χ2v) is 8.48. The zero-order valence-corrected chi connectivity index (χ0v) is 20.7. The van der Waals surface area contributed by atoms with Crippen molar-refractivity contribution in [3.63, 3.8) is 0 Å². The molecule has 5 nitrogen and oxygen atoms in total. The number of nitrogens with zero attached hydrogens (tertiary/aromatic N) is 1. The fraction of sp³-hybridized carbons (Fsp3) is 0.370. The van der Waals surface area contributed by atoms with Gasteiger partial charge in [-0.1, -0.05) is 0 Å². The Hall–Kier alpha value is -3.21.